The Balaban J connectivity index is 1.94. The third-order valence-electron chi connectivity index (χ3n) is 5.13. The Bertz CT molecular complexity index is 1280. The van der Waals surface area contributed by atoms with E-state index in [2.05, 4.69) is 10.3 Å². The van der Waals surface area contributed by atoms with Crippen molar-refractivity contribution in [3.05, 3.63) is 59.9 Å². The summed E-state index contributed by atoms with van der Waals surface area (Å²) in [6, 6.07) is 11.2. The number of pyridine rings is 1. The molecule has 2 aromatic carbocycles. The summed E-state index contributed by atoms with van der Waals surface area (Å²) in [7, 11) is 0. The number of anilines is 1. The van der Waals surface area contributed by atoms with Crippen LogP contribution in [0.3, 0.4) is 0 Å². The molecule has 0 saturated carbocycles. The van der Waals surface area contributed by atoms with Crippen LogP contribution in [0.4, 0.5) is 5.69 Å². The lowest BCUT2D eigenvalue weighted by molar-refractivity contribution is -0.136. The molecule has 2 heterocycles. The third-order valence-corrected chi connectivity index (χ3v) is 5.13. The van der Waals surface area contributed by atoms with Crippen LogP contribution in [0.15, 0.2) is 48.8 Å². The van der Waals surface area contributed by atoms with Crippen molar-refractivity contribution in [2.75, 3.05) is 11.9 Å². The third kappa shape index (κ3) is 3.75. The van der Waals surface area contributed by atoms with Crippen molar-refractivity contribution in [3.63, 3.8) is 0 Å². The number of carboxylic acids is 1. The van der Waals surface area contributed by atoms with Crippen molar-refractivity contribution in [1.29, 1.82) is 0 Å². The second-order valence-electron chi connectivity index (χ2n) is 7.04. The fraction of sp³-hybridized carbons (Fsp3) is 0.174. The normalized spacial score (nSPS) is 11.0. The molecular formula is C23H21N3O5. The number of aliphatic carboxylic acids is 1. The van der Waals surface area contributed by atoms with Gasteiger partial charge < -0.3 is 24.8 Å². The second kappa shape index (κ2) is 8.35. The number of nitrogens with zero attached hydrogens (tertiary/aromatic N) is 2. The first-order chi connectivity index (χ1) is 15.0. The zero-order valence-corrected chi connectivity index (χ0v) is 16.8. The molecule has 2 aromatic heterocycles. The molecule has 158 valence electrons. The van der Waals surface area contributed by atoms with E-state index in [1.54, 1.807) is 18.3 Å². The molecule has 8 nitrogen and oxygen atoms in total. The Labute approximate surface area is 177 Å². The molecule has 0 aliphatic carbocycles. The molecule has 3 N–H and O–H groups in total. The molecule has 0 bridgehead atoms. The maximum atomic E-state index is 11.3. The highest BCUT2D eigenvalue weighted by Gasteiger charge is 2.20. The molecule has 1 amide bonds. The van der Waals surface area contributed by atoms with Gasteiger partial charge in [0, 0.05) is 11.9 Å². The number of aromatic hydroxyl groups is 1. The number of ether oxygens (including phenoxy) is 1. The van der Waals surface area contributed by atoms with E-state index in [1.807, 2.05) is 35.8 Å². The van der Waals surface area contributed by atoms with Crippen LogP contribution >= 0.6 is 0 Å². The summed E-state index contributed by atoms with van der Waals surface area (Å²) in [4.78, 5) is 26.7. The lowest BCUT2D eigenvalue weighted by atomic mass is 10.0. The van der Waals surface area contributed by atoms with Crippen molar-refractivity contribution < 1.29 is 24.5 Å². The largest absolute Gasteiger partial charge is 0.506 e. The summed E-state index contributed by atoms with van der Waals surface area (Å²) in [6.45, 7) is 2.99. The SMILES string of the molecule is CCOc1ccc(Cn2c3cncc(O)c3c3c(NC=O)c(CC(=O)O)ccc32)cc1. The minimum absolute atomic E-state index is 0.0469. The minimum atomic E-state index is -1.02. The van der Waals surface area contributed by atoms with Gasteiger partial charge in [-0.1, -0.05) is 18.2 Å². The van der Waals surface area contributed by atoms with Crippen molar-refractivity contribution >= 4 is 39.9 Å². The average Bonchev–Trinajstić information content (AvgIpc) is 3.06. The minimum Gasteiger partial charge on any atom is -0.506 e. The van der Waals surface area contributed by atoms with Gasteiger partial charge >= 0.3 is 5.97 Å². The summed E-state index contributed by atoms with van der Waals surface area (Å²) < 4.78 is 7.48. The van der Waals surface area contributed by atoms with Gasteiger partial charge in [0.1, 0.15) is 11.5 Å². The molecule has 0 radical (unpaired) electrons. The molecule has 0 spiro atoms. The Morgan fingerprint density at radius 3 is 2.58 bits per heavy atom. The lowest BCUT2D eigenvalue weighted by Gasteiger charge is -2.11. The van der Waals surface area contributed by atoms with Crippen LogP contribution in [0.5, 0.6) is 11.5 Å². The van der Waals surface area contributed by atoms with Crippen molar-refractivity contribution in [3.8, 4) is 11.5 Å². The van der Waals surface area contributed by atoms with E-state index in [0.29, 0.717) is 47.1 Å². The zero-order valence-electron chi connectivity index (χ0n) is 16.8. The van der Waals surface area contributed by atoms with Crippen LogP contribution in [-0.4, -0.2) is 38.8 Å². The highest BCUT2D eigenvalue weighted by atomic mass is 16.5. The van der Waals surface area contributed by atoms with Crippen LogP contribution < -0.4 is 10.1 Å². The van der Waals surface area contributed by atoms with Gasteiger partial charge in [-0.15, -0.1) is 0 Å². The fourth-order valence-corrected chi connectivity index (χ4v) is 3.89. The Kier molecular flexibility index (Phi) is 5.44. The van der Waals surface area contributed by atoms with Gasteiger partial charge in [0.25, 0.3) is 0 Å². The van der Waals surface area contributed by atoms with E-state index in [9.17, 15) is 19.8 Å². The fourth-order valence-electron chi connectivity index (χ4n) is 3.89. The van der Waals surface area contributed by atoms with Crippen LogP contribution in [0.2, 0.25) is 0 Å². The first-order valence-corrected chi connectivity index (χ1v) is 9.78. The monoisotopic (exact) mass is 419 g/mol. The molecule has 0 fully saturated rings. The zero-order chi connectivity index (χ0) is 22.0. The highest BCUT2D eigenvalue weighted by Crippen LogP contribution is 2.40. The van der Waals surface area contributed by atoms with Gasteiger partial charge in [0.15, 0.2) is 0 Å². The number of carbonyl (C=O) groups is 2. The summed E-state index contributed by atoms with van der Waals surface area (Å²) in [5, 5.41) is 23.6. The molecular weight excluding hydrogens is 398 g/mol. The average molecular weight is 419 g/mol. The number of hydrogen-bond acceptors (Lipinski definition) is 5. The quantitative estimate of drug-likeness (QED) is 0.377. The number of hydrogen-bond donors (Lipinski definition) is 3. The van der Waals surface area contributed by atoms with Crippen LogP contribution in [-0.2, 0) is 22.6 Å². The number of aromatic nitrogens is 2. The van der Waals surface area contributed by atoms with Crippen LogP contribution in [0.1, 0.15) is 18.1 Å². The molecule has 4 aromatic rings. The Morgan fingerprint density at radius 2 is 1.90 bits per heavy atom. The van der Waals surface area contributed by atoms with E-state index in [1.165, 1.54) is 6.20 Å². The smallest absolute Gasteiger partial charge is 0.307 e. The van der Waals surface area contributed by atoms with E-state index in [0.717, 1.165) is 16.8 Å². The Hall–Kier alpha value is -4.07. The topological polar surface area (TPSA) is 114 Å². The van der Waals surface area contributed by atoms with Crippen molar-refractivity contribution in [1.82, 2.24) is 9.55 Å². The first kappa shape index (κ1) is 20.2. The van der Waals surface area contributed by atoms with Crippen molar-refractivity contribution in [2.45, 2.75) is 19.9 Å². The predicted molar refractivity (Wildman–Crippen MR) is 117 cm³/mol. The maximum absolute atomic E-state index is 11.3. The van der Waals surface area contributed by atoms with E-state index in [4.69, 9.17) is 4.74 Å². The van der Waals surface area contributed by atoms with E-state index >= 15 is 0 Å². The molecule has 0 unspecified atom stereocenters. The lowest BCUT2D eigenvalue weighted by Crippen LogP contribution is -2.06. The van der Waals surface area contributed by atoms with Crippen LogP contribution in [0.25, 0.3) is 21.8 Å². The number of amides is 1. The summed E-state index contributed by atoms with van der Waals surface area (Å²) >= 11 is 0. The molecule has 8 heteroatoms. The molecule has 0 atom stereocenters. The summed E-state index contributed by atoms with van der Waals surface area (Å²) in [5.74, 6) is -0.282. The molecule has 31 heavy (non-hydrogen) atoms. The molecule has 0 saturated heterocycles. The molecule has 4 rings (SSSR count). The number of fused-ring (bicyclic) bond motifs is 3. The molecule has 0 aliphatic heterocycles. The second-order valence-corrected chi connectivity index (χ2v) is 7.04. The first-order valence-electron chi connectivity index (χ1n) is 9.78. The van der Waals surface area contributed by atoms with Gasteiger partial charge in [-0.05, 0) is 36.2 Å². The number of benzene rings is 2. The number of carbonyl (C=O) groups excluding carboxylic acids is 1. The van der Waals surface area contributed by atoms with Crippen molar-refractivity contribution in [2.24, 2.45) is 0 Å². The maximum Gasteiger partial charge on any atom is 0.307 e. The Morgan fingerprint density at radius 1 is 1.13 bits per heavy atom. The summed E-state index contributed by atoms with van der Waals surface area (Å²) in [5.41, 5.74) is 3.23. The summed E-state index contributed by atoms with van der Waals surface area (Å²) in [6.07, 6.45) is 3.22. The number of rotatable bonds is 8. The molecule has 0 aliphatic rings. The van der Waals surface area contributed by atoms with E-state index in [-0.39, 0.29) is 12.2 Å². The van der Waals surface area contributed by atoms with Gasteiger partial charge in [-0.2, -0.15) is 0 Å². The predicted octanol–water partition coefficient (Wildman–Crippen LogP) is 3.54. The number of carboxylic acid groups (broad SMARTS) is 1. The van der Waals surface area contributed by atoms with Gasteiger partial charge in [-0.3, -0.25) is 14.6 Å². The van der Waals surface area contributed by atoms with Gasteiger partial charge in [0.05, 0.1) is 47.5 Å². The van der Waals surface area contributed by atoms with Gasteiger partial charge in [-0.25, -0.2) is 0 Å². The standard InChI is InChI=1S/C23H21N3O5/c1-2-31-16-6-3-14(4-7-16)12-26-17-8-5-15(9-20(29)30)23(25-13-27)22(17)21-18(26)10-24-11-19(21)28/h3-8,10-11,13,28H,2,9,12H2,1H3,(H,25,27)(H,29,30). The van der Waals surface area contributed by atoms with Crippen LogP contribution in [0, 0.1) is 0 Å². The van der Waals surface area contributed by atoms with Gasteiger partial charge in [0.2, 0.25) is 6.41 Å². The highest BCUT2D eigenvalue weighted by molar-refractivity contribution is 6.18. The number of nitrogens with one attached hydrogen (secondary N) is 1. The van der Waals surface area contributed by atoms with E-state index < -0.39 is 5.97 Å².